The van der Waals surface area contributed by atoms with Crippen LogP contribution in [-0.2, 0) is 17.9 Å². The van der Waals surface area contributed by atoms with E-state index in [4.69, 9.17) is 26.8 Å². The third-order valence-corrected chi connectivity index (χ3v) is 2.39. The molecule has 0 aromatic heterocycles. The number of hydrogen-bond donors (Lipinski definition) is 1. The van der Waals surface area contributed by atoms with E-state index in [1.54, 1.807) is 0 Å². The zero-order valence-corrected chi connectivity index (χ0v) is 7.80. The summed E-state index contributed by atoms with van der Waals surface area (Å²) in [6.07, 6.45) is 0. The fraction of sp³-hybridized carbons (Fsp3) is 0.333. The third kappa shape index (κ3) is 1.50. The predicted molar refractivity (Wildman–Crippen MR) is 49.6 cm³/mol. The minimum atomic E-state index is 0.278. The van der Waals surface area contributed by atoms with E-state index in [-0.39, 0.29) is 6.79 Å². The second-order valence-corrected chi connectivity index (χ2v) is 3.24. The zero-order chi connectivity index (χ0) is 9.26. The standard InChI is InChI=1S/C9H10ClNO2/c10-8-2-1-6-4-12-5-13-9(6)7(8)3-11/h1-2H,3-5,11H2. The number of ether oxygens (including phenoxy) is 2. The molecule has 0 bridgehead atoms. The van der Waals surface area contributed by atoms with E-state index in [1.807, 2.05) is 12.1 Å². The molecule has 1 aromatic carbocycles. The molecule has 1 heterocycles. The van der Waals surface area contributed by atoms with Gasteiger partial charge in [0, 0.05) is 22.7 Å². The van der Waals surface area contributed by atoms with E-state index < -0.39 is 0 Å². The van der Waals surface area contributed by atoms with Gasteiger partial charge in [0.25, 0.3) is 0 Å². The molecular formula is C9H10ClNO2. The predicted octanol–water partition coefficient (Wildman–Crippen LogP) is 1.67. The van der Waals surface area contributed by atoms with Crippen LogP contribution in [0.25, 0.3) is 0 Å². The average Bonchev–Trinajstić information content (AvgIpc) is 2.18. The van der Waals surface area contributed by atoms with Gasteiger partial charge in [0.05, 0.1) is 6.61 Å². The molecule has 70 valence electrons. The monoisotopic (exact) mass is 199 g/mol. The van der Waals surface area contributed by atoms with Crippen molar-refractivity contribution >= 4 is 11.6 Å². The molecule has 0 atom stereocenters. The molecule has 3 nitrogen and oxygen atoms in total. The Balaban J connectivity index is 2.52. The third-order valence-electron chi connectivity index (χ3n) is 2.03. The fourth-order valence-corrected chi connectivity index (χ4v) is 1.61. The van der Waals surface area contributed by atoms with Crippen LogP contribution in [0, 0.1) is 0 Å². The van der Waals surface area contributed by atoms with Crippen molar-refractivity contribution < 1.29 is 9.47 Å². The Hall–Kier alpha value is -0.770. The van der Waals surface area contributed by atoms with E-state index >= 15 is 0 Å². The van der Waals surface area contributed by atoms with Gasteiger partial charge in [-0.3, -0.25) is 0 Å². The smallest absolute Gasteiger partial charge is 0.189 e. The van der Waals surface area contributed by atoms with Gasteiger partial charge >= 0.3 is 0 Å². The van der Waals surface area contributed by atoms with Gasteiger partial charge in [-0.15, -0.1) is 0 Å². The summed E-state index contributed by atoms with van der Waals surface area (Å²) >= 11 is 5.96. The number of benzene rings is 1. The van der Waals surface area contributed by atoms with Gasteiger partial charge in [0.1, 0.15) is 5.75 Å². The highest BCUT2D eigenvalue weighted by molar-refractivity contribution is 6.31. The van der Waals surface area contributed by atoms with Gasteiger partial charge in [-0.05, 0) is 6.07 Å². The second-order valence-electron chi connectivity index (χ2n) is 2.83. The Bertz CT molecular complexity index is 328. The quantitative estimate of drug-likeness (QED) is 0.748. The van der Waals surface area contributed by atoms with Crippen molar-refractivity contribution in [2.45, 2.75) is 13.2 Å². The van der Waals surface area contributed by atoms with Crippen LogP contribution >= 0.6 is 11.6 Å². The highest BCUT2D eigenvalue weighted by Gasteiger charge is 2.16. The molecule has 0 unspecified atom stereocenters. The lowest BCUT2D eigenvalue weighted by Crippen LogP contribution is -2.14. The molecule has 0 saturated heterocycles. The first-order chi connectivity index (χ1) is 6.33. The summed E-state index contributed by atoms with van der Waals surface area (Å²) in [6, 6.07) is 3.72. The molecule has 0 aliphatic carbocycles. The number of halogens is 1. The lowest BCUT2D eigenvalue weighted by molar-refractivity contribution is -0.0170. The van der Waals surface area contributed by atoms with Gasteiger partial charge < -0.3 is 15.2 Å². The van der Waals surface area contributed by atoms with Crippen molar-refractivity contribution in [2.75, 3.05) is 6.79 Å². The molecule has 13 heavy (non-hydrogen) atoms. The topological polar surface area (TPSA) is 44.5 Å². The summed E-state index contributed by atoms with van der Waals surface area (Å²) in [5, 5.41) is 0.656. The Labute approximate surface area is 81.4 Å². The number of rotatable bonds is 1. The minimum Gasteiger partial charge on any atom is -0.467 e. The van der Waals surface area contributed by atoms with E-state index in [2.05, 4.69) is 0 Å². The van der Waals surface area contributed by atoms with Crippen LogP contribution in [0.15, 0.2) is 12.1 Å². The van der Waals surface area contributed by atoms with Crippen molar-refractivity contribution in [3.05, 3.63) is 28.3 Å². The second kappa shape index (κ2) is 3.54. The van der Waals surface area contributed by atoms with Gasteiger partial charge in [-0.1, -0.05) is 17.7 Å². The lowest BCUT2D eigenvalue weighted by atomic mass is 10.1. The SMILES string of the molecule is NCc1c(Cl)ccc2c1OCOC2. The maximum Gasteiger partial charge on any atom is 0.189 e. The summed E-state index contributed by atoms with van der Waals surface area (Å²) < 4.78 is 10.5. The molecule has 2 N–H and O–H groups in total. The van der Waals surface area contributed by atoms with E-state index in [0.717, 1.165) is 16.9 Å². The lowest BCUT2D eigenvalue weighted by Gasteiger charge is -2.20. The summed E-state index contributed by atoms with van der Waals surface area (Å²) in [5.41, 5.74) is 7.44. The normalized spacial score (nSPS) is 14.9. The largest absolute Gasteiger partial charge is 0.467 e. The molecule has 2 rings (SSSR count). The highest BCUT2D eigenvalue weighted by atomic mass is 35.5. The summed E-state index contributed by atoms with van der Waals surface area (Å²) in [7, 11) is 0. The molecule has 1 aliphatic rings. The van der Waals surface area contributed by atoms with Crippen LogP contribution < -0.4 is 10.5 Å². The van der Waals surface area contributed by atoms with Crippen LogP contribution in [0.2, 0.25) is 5.02 Å². The van der Waals surface area contributed by atoms with Gasteiger partial charge in [-0.25, -0.2) is 0 Å². The van der Waals surface area contributed by atoms with Crippen molar-refractivity contribution in [1.82, 2.24) is 0 Å². The van der Waals surface area contributed by atoms with Gasteiger partial charge in [0.2, 0.25) is 0 Å². The van der Waals surface area contributed by atoms with Crippen molar-refractivity contribution in [2.24, 2.45) is 5.73 Å². The molecule has 1 aromatic rings. The molecule has 0 spiro atoms. The molecule has 0 saturated carbocycles. The van der Waals surface area contributed by atoms with Crippen LogP contribution in [0.1, 0.15) is 11.1 Å². The van der Waals surface area contributed by atoms with E-state index in [9.17, 15) is 0 Å². The Morgan fingerprint density at radius 2 is 2.31 bits per heavy atom. The molecule has 0 radical (unpaired) electrons. The van der Waals surface area contributed by atoms with E-state index in [0.29, 0.717) is 18.2 Å². The van der Waals surface area contributed by atoms with Crippen molar-refractivity contribution in [3.8, 4) is 5.75 Å². The fourth-order valence-electron chi connectivity index (χ4n) is 1.39. The molecule has 0 fully saturated rings. The maximum atomic E-state index is 5.96. The first-order valence-electron chi connectivity index (χ1n) is 4.04. The van der Waals surface area contributed by atoms with Crippen molar-refractivity contribution in [3.63, 3.8) is 0 Å². The number of hydrogen-bond acceptors (Lipinski definition) is 3. The first kappa shape index (κ1) is 8.81. The van der Waals surface area contributed by atoms with Crippen LogP contribution in [0.3, 0.4) is 0 Å². The van der Waals surface area contributed by atoms with Crippen LogP contribution in [-0.4, -0.2) is 6.79 Å². The van der Waals surface area contributed by atoms with Gasteiger partial charge in [-0.2, -0.15) is 0 Å². The average molecular weight is 200 g/mol. The van der Waals surface area contributed by atoms with Crippen LogP contribution in [0.5, 0.6) is 5.75 Å². The summed E-state index contributed by atoms with van der Waals surface area (Å²) in [5.74, 6) is 0.793. The Morgan fingerprint density at radius 1 is 1.46 bits per heavy atom. The summed E-state index contributed by atoms with van der Waals surface area (Å²) in [6.45, 7) is 1.24. The Morgan fingerprint density at radius 3 is 3.08 bits per heavy atom. The highest BCUT2D eigenvalue weighted by Crippen LogP contribution is 2.32. The molecule has 1 aliphatic heterocycles. The first-order valence-corrected chi connectivity index (χ1v) is 4.41. The van der Waals surface area contributed by atoms with Gasteiger partial charge in [0.15, 0.2) is 6.79 Å². The molecular weight excluding hydrogens is 190 g/mol. The molecule has 4 heteroatoms. The summed E-state index contributed by atoms with van der Waals surface area (Å²) in [4.78, 5) is 0. The van der Waals surface area contributed by atoms with Crippen molar-refractivity contribution in [1.29, 1.82) is 0 Å². The van der Waals surface area contributed by atoms with E-state index in [1.165, 1.54) is 0 Å². The molecule has 0 amide bonds. The van der Waals surface area contributed by atoms with Crippen LogP contribution in [0.4, 0.5) is 0 Å². The zero-order valence-electron chi connectivity index (χ0n) is 7.05. The number of nitrogens with two attached hydrogens (primary N) is 1. The Kier molecular flexibility index (Phi) is 2.40. The number of fused-ring (bicyclic) bond motifs is 1. The maximum absolute atomic E-state index is 5.96. The minimum absolute atomic E-state index is 0.278.